The molecule has 3 aliphatic rings. The summed E-state index contributed by atoms with van der Waals surface area (Å²) in [5.41, 5.74) is 0. The van der Waals surface area contributed by atoms with Gasteiger partial charge in [-0.2, -0.15) is 0 Å². The number of amides is 2. The van der Waals surface area contributed by atoms with Crippen molar-refractivity contribution in [2.45, 2.75) is 80.7 Å². The van der Waals surface area contributed by atoms with Crippen molar-refractivity contribution in [3.63, 3.8) is 0 Å². The lowest BCUT2D eigenvalue weighted by Crippen LogP contribution is -2.55. The maximum atomic E-state index is 14.0. The first-order valence-electron chi connectivity index (χ1n) is 13.1. The average Bonchev–Trinajstić information content (AvgIpc) is 3.40. The van der Waals surface area contributed by atoms with E-state index in [4.69, 9.17) is 4.74 Å². The zero-order chi connectivity index (χ0) is 25.6. The second kappa shape index (κ2) is 12.0. The summed E-state index contributed by atoms with van der Waals surface area (Å²) in [4.78, 5) is 44.7. The predicted molar refractivity (Wildman–Crippen MR) is 139 cm³/mol. The maximum absolute atomic E-state index is 14.0. The molecule has 0 aromatic rings. The van der Waals surface area contributed by atoms with Gasteiger partial charge < -0.3 is 19.6 Å². The molecular weight excluding hydrogens is 464 g/mol. The Hall–Kier alpha value is -1.80. The van der Waals surface area contributed by atoms with Crippen LogP contribution in [0.1, 0.15) is 65.2 Å². The number of thioether (sulfide) groups is 1. The number of aliphatic hydroxyl groups is 1. The van der Waals surface area contributed by atoms with Crippen LogP contribution in [-0.2, 0) is 19.1 Å². The maximum Gasteiger partial charge on any atom is 0.311 e. The first-order chi connectivity index (χ1) is 16.8. The number of nitrogens with zero attached hydrogens (tertiary/aromatic N) is 2. The van der Waals surface area contributed by atoms with Crippen LogP contribution in [0.2, 0.25) is 0 Å². The average molecular weight is 507 g/mol. The molecule has 3 heterocycles. The summed E-state index contributed by atoms with van der Waals surface area (Å²) in [5.74, 6) is -1.66. The molecule has 3 saturated heterocycles. The Balaban J connectivity index is 1.91. The molecule has 3 rings (SSSR count). The molecule has 2 unspecified atom stereocenters. The molecule has 2 amide bonds. The number of ether oxygens (including phenoxy) is 1. The van der Waals surface area contributed by atoms with Crippen molar-refractivity contribution in [1.82, 2.24) is 9.80 Å². The third kappa shape index (κ3) is 5.19. The van der Waals surface area contributed by atoms with Gasteiger partial charge in [0.1, 0.15) is 6.04 Å². The van der Waals surface area contributed by atoms with E-state index in [1.165, 1.54) is 0 Å². The minimum Gasteiger partial charge on any atom is -0.465 e. The molecule has 0 radical (unpaired) electrons. The number of fused-ring (bicyclic) bond motifs is 1. The number of allylic oxidation sites excluding steroid dienone is 1. The third-order valence-corrected chi connectivity index (χ3v) is 9.80. The molecule has 8 heteroatoms. The van der Waals surface area contributed by atoms with Gasteiger partial charge in [0.15, 0.2) is 0 Å². The fourth-order valence-electron chi connectivity index (χ4n) is 6.17. The van der Waals surface area contributed by atoms with Gasteiger partial charge in [0.25, 0.3) is 0 Å². The van der Waals surface area contributed by atoms with Crippen molar-refractivity contribution in [3.8, 4) is 0 Å². The SMILES string of the molecule is C=CCCCCOC(=O)[C@@H]1[C@H]2C(=O)N(CCCO)C(C(=O)N(CC=C)CCCC)C23CC[C@@]1(C)S3. The Kier molecular flexibility index (Phi) is 9.49. The van der Waals surface area contributed by atoms with Crippen LogP contribution in [0.4, 0.5) is 0 Å². The molecular formula is C27H42N2O5S. The van der Waals surface area contributed by atoms with E-state index >= 15 is 0 Å². The first-order valence-corrected chi connectivity index (χ1v) is 13.9. The van der Waals surface area contributed by atoms with Crippen molar-refractivity contribution in [1.29, 1.82) is 0 Å². The van der Waals surface area contributed by atoms with Crippen molar-refractivity contribution in [2.24, 2.45) is 11.8 Å². The van der Waals surface area contributed by atoms with Gasteiger partial charge in [-0.3, -0.25) is 14.4 Å². The molecule has 0 saturated carbocycles. The fourth-order valence-corrected chi connectivity index (χ4v) is 8.51. The van der Waals surface area contributed by atoms with Gasteiger partial charge in [0.2, 0.25) is 11.8 Å². The van der Waals surface area contributed by atoms with E-state index in [0.717, 1.165) is 44.9 Å². The molecule has 1 spiro atoms. The van der Waals surface area contributed by atoms with Crippen LogP contribution in [-0.4, -0.2) is 81.1 Å². The zero-order valence-electron chi connectivity index (χ0n) is 21.4. The van der Waals surface area contributed by atoms with Crippen LogP contribution in [0.15, 0.2) is 25.3 Å². The van der Waals surface area contributed by atoms with E-state index in [0.29, 0.717) is 32.7 Å². The number of likely N-dealkylation sites (tertiary alicyclic amines) is 1. The number of aliphatic hydroxyl groups excluding tert-OH is 1. The van der Waals surface area contributed by atoms with Gasteiger partial charge in [-0.25, -0.2) is 0 Å². The Morgan fingerprint density at radius 3 is 2.66 bits per heavy atom. The number of carbonyl (C=O) groups excluding carboxylic acids is 3. The van der Waals surface area contributed by atoms with E-state index in [-0.39, 0.29) is 24.4 Å². The van der Waals surface area contributed by atoms with Gasteiger partial charge in [-0.05, 0) is 51.9 Å². The van der Waals surface area contributed by atoms with Gasteiger partial charge in [0, 0.05) is 31.0 Å². The molecule has 2 bridgehead atoms. The number of hydrogen-bond donors (Lipinski definition) is 1. The Labute approximate surface area is 214 Å². The van der Waals surface area contributed by atoms with E-state index in [9.17, 15) is 19.5 Å². The summed E-state index contributed by atoms with van der Waals surface area (Å²) in [6.45, 7) is 13.3. The van der Waals surface area contributed by atoms with Crippen molar-refractivity contribution in [2.75, 3.05) is 32.8 Å². The topological polar surface area (TPSA) is 87.1 Å². The lowest BCUT2D eigenvalue weighted by atomic mass is 9.66. The quantitative estimate of drug-likeness (QED) is 0.208. The van der Waals surface area contributed by atoms with Gasteiger partial charge in [0.05, 0.1) is 23.2 Å². The smallest absolute Gasteiger partial charge is 0.311 e. The monoisotopic (exact) mass is 506 g/mol. The molecule has 35 heavy (non-hydrogen) atoms. The van der Waals surface area contributed by atoms with Crippen LogP contribution >= 0.6 is 11.8 Å². The van der Waals surface area contributed by atoms with E-state index < -0.39 is 27.4 Å². The normalized spacial score (nSPS) is 30.9. The standard InChI is InChI=1S/C27H42N2O5S/c1-5-8-10-11-19-34-25(33)21-20-23(31)29(17-12-18-30)22(27(20)14-13-26(21,4)35-27)24(32)28(15-7-3)16-9-6-2/h5,7,20-22,30H,1,3,6,8-19H2,2,4H3/t20-,21-,22?,26+,27?/m0/s1. The number of carbonyl (C=O) groups is 3. The Morgan fingerprint density at radius 1 is 1.23 bits per heavy atom. The predicted octanol–water partition coefficient (Wildman–Crippen LogP) is 3.56. The summed E-state index contributed by atoms with van der Waals surface area (Å²) in [7, 11) is 0. The molecule has 1 N–H and O–H groups in total. The highest BCUT2D eigenvalue weighted by molar-refractivity contribution is 8.02. The van der Waals surface area contributed by atoms with E-state index in [2.05, 4.69) is 27.0 Å². The highest BCUT2D eigenvalue weighted by Gasteiger charge is 2.77. The number of unbranched alkanes of at least 4 members (excludes halogenated alkanes) is 3. The van der Waals surface area contributed by atoms with Crippen LogP contribution in [0.3, 0.4) is 0 Å². The minimum absolute atomic E-state index is 0.0599. The second-order valence-corrected chi connectivity index (χ2v) is 12.1. The van der Waals surface area contributed by atoms with E-state index in [1.54, 1.807) is 27.6 Å². The van der Waals surface area contributed by atoms with Crippen LogP contribution in [0.25, 0.3) is 0 Å². The van der Waals surface area contributed by atoms with Crippen LogP contribution in [0.5, 0.6) is 0 Å². The number of hydrogen-bond acceptors (Lipinski definition) is 6. The van der Waals surface area contributed by atoms with Crippen LogP contribution < -0.4 is 0 Å². The molecule has 3 aliphatic heterocycles. The van der Waals surface area contributed by atoms with Crippen LogP contribution in [0, 0.1) is 11.8 Å². The fraction of sp³-hybridized carbons (Fsp3) is 0.741. The van der Waals surface area contributed by atoms with Crippen molar-refractivity contribution in [3.05, 3.63) is 25.3 Å². The minimum atomic E-state index is -0.642. The summed E-state index contributed by atoms with van der Waals surface area (Å²) in [5, 5.41) is 9.49. The number of esters is 1. The summed E-state index contributed by atoms with van der Waals surface area (Å²) in [6.07, 6.45) is 9.84. The lowest BCUT2D eigenvalue weighted by molar-refractivity contribution is -0.155. The molecule has 3 fully saturated rings. The summed E-state index contributed by atoms with van der Waals surface area (Å²) in [6, 6.07) is -0.638. The molecule has 196 valence electrons. The zero-order valence-corrected chi connectivity index (χ0v) is 22.2. The largest absolute Gasteiger partial charge is 0.465 e. The lowest BCUT2D eigenvalue weighted by Gasteiger charge is -2.37. The molecule has 0 aromatic carbocycles. The molecule has 0 aromatic heterocycles. The molecule has 5 atom stereocenters. The van der Waals surface area contributed by atoms with Gasteiger partial charge in [-0.1, -0.05) is 25.5 Å². The van der Waals surface area contributed by atoms with Gasteiger partial charge >= 0.3 is 5.97 Å². The highest BCUT2D eigenvalue weighted by Crippen LogP contribution is 2.71. The second-order valence-electron chi connectivity index (χ2n) is 10.2. The number of rotatable bonds is 15. The Bertz CT molecular complexity index is 819. The summed E-state index contributed by atoms with van der Waals surface area (Å²) < 4.78 is 4.62. The van der Waals surface area contributed by atoms with Crippen molar-refractivity contribution >= 4 is 29.5 Å². The van der Waals surface area contributed by atoms with Gasteiger partial charge in [-0.15, -0.1) is 24.9 Å². The highest BCUT2D eigenvalue weighted by atomic mass is 32.2. The third-order valence-electron chi connectivity index (χ3n) is 7.81. The summed E-state index contributed by atoms with van der Waals surface area (Å²) >= 11 is 1.66. The molecule has 7 nitrogen and oxygen atoms in total. The Morgan fingerprint density at radius 2 is 2.00 bits per heavy atom. The van der Waals surface area contributed by atoms with E-state index in [1.807, 2.05) is 6.08 Å². The van der Waals surface area contributed by atoms with Crippen molar-refractivity contribution < 1.29 is 24.2 Å². The molecule has 0 aliphatic carbocycles. The first kappa shape index (κ1) is 27.8.